The van der Waals surface area contributed by atoms with Crippen molar-refractivity contribution in [2.75, 3.05) is 37.3 Å². The van der Waals surface area contributed by atoms with E-state index in [0.29, 0.717) is 6.04 Å². The zero-order chi connectivity index (χ0) is 12.4. The predicted molar refractivity (Wildman–Crippen MR) is 77.5 cm³/mol. The molecule has 1 aliphatic heterocycles. The number of rotatable bonds is 2. The van der Waals surface area contributed by atoms with Crippen LogP contribution in [0.1, 0.15) is 13.3 Å². The van der Waals surface area contributed by atoms with Gasteiger partial charge in [-0.1, -0.05) is 22.9 Å². The molecule has 17 heavy (non-hydrogen) atoms. The third-order valence-corrected chi connectivity index (χ3v) is 4.07. The second-order valence-electron chi connectivity index (χ2n) is 4.69. The van der Waals surface area contributed by atoms with Gasteiger partial charge in [-0.15, -0.1) is 0 Å². The quantitative estimate of drug-likeness (QED) is 0.852. The summed E-state index contributed by atoms with van der Waals surface area (Å²) in [5.41, 5.74) is 8.09. The first kappa shape index (κ1) is 12.7. The molecule has 0 amide bonds. The Morgan fingerprint density at radius 3 is 2.88 bits per heavy atom. The Balaban J connectivity index is 2.20. The fourth-order valence-corrected chi connectivity index (χ4v) is 2.75. The second-order valence-corrected chi connectivity index (χ2v) is 5.61. The summed E-state index contributed by atoms with van der Waals surface area (Å²) in [5, 5.41) is 0. The van der Waals surface area contributed by atoms with Gasteiger partial charge in [0.1, 0.15) is 0 Å². The smallest absolute Gasteiger partial charge is 0.0612 e. The highest BCUT2D eigenvalue weighted by Gasteiger charge is 2.23. The van der Waals surface area contributed by atoms with Gasteiger partial charge in [0.25, 0.3) is 0 Å². The Bertz CT molecular complexity index is 394. The molecular formula is C13H20BrN3. The van der Waals surface area contributed by atoms with Crippen molar-refractivity contribution in [3.8, 4) is 0 Å². The lowest BCUT2D eigenvalue weighted by atomic mass is 10.1. The van der Waals surface area contributed by atoms with E-state index in [9.17, 15) is 0 Å². The molecule has 2 N–H and O–H groups in total. The van der Waals surface area contributed by atoms with Crippen molar-refractivity contribution in [3.63, 3.8) is 0 Å². The van der Waals surface area contributed by atoms with Crippen LogP contribution in [-0.4, -0.2) is 37.6 Å². The van der Waals surface area contributed by atoms with E-state index in [-0.39, 0.29) is 0 Å². The Morgan fingerprint density at radius 1 is 1.41 bits per heavy atom. The fraction of sp³-hybridized carbons (Fsp3) is 0.538. The highest BCUT2D eigenvalue weighted by molar-refractivity contribution is 9.10. The molecule has 1 unspecified atom stereocenters. The largest absolute Gasteiger partial charge is 0.397 e. The molecular weight excluding hydrogens is 278 g/mol. The first-order chi connectivity index (χ1) is 8.11. The SMILES string of the molecule is CCC1CN(c2cc(Br)ccc2N)CCN1C. The molecule has 0 saturated carbocycles. The molecule has 1 saturated heterocycles. The van der Waals surface area contributed by atoms with Crippen LogP contribution in [0.25, 0.3) is 0 Å². The van der Waals surface area contributed by atoms with Gasteiger partial charge in [-0.2, -0.15) is 0 Å². The van der Waals surface area contributed by atoms with Crippen molar-refractivity contribution in [1.29, 1.82) is 0 Å². The minimum absolute atomic E-state index is 0.627. The Hall–Kier alpha value is -0.740. The van der Waals surface area contributed by atoms with E-state index in [1.807, 2.05) is 12.1 Å². The number of likely N-dealkylation sites (N-methyl/N-ethyl adjacent to an activating group) is 1. The number of nitrogens with zero attached hydrogens (tertiary/aromatic N) is 2. The van der Waals surface area contributed by atoms with Gasteiger partial charge in [-0.3, -0.25) is 4.90 Å². The van der Waals surface area contributed by atoms with Crippen LogP contribution >= 0.6 is 15.9 Å². The van der Waals surface area contributed by atoms with Crippen LogP contribution in [-0.2, 0) is 0 Å². The monoisotopic (exact) mass is 297 g/mol. The first-order valence-corrected chi connectivity index (χ1v) is 6.91. The van der Waals surface area contributed by atoms with E-state index in [2.05, 4.69) is 45.8 Å². The minimum Gasteiger partial charge on any atom is -0.397 e. The van der Waals surface area contributed by atoms with Crippen LogP contribution in [0.15, 0.2) is 22.7 Å². The van der Waals surface area contributed by atoms with Gasteiger partial charge in [0.2, 0.25) is 0 Å². The van der Waals surface area contributed by atoms with Crippen LogP contribution in [0, 0.1) is 0 Å². The normalized spacial score (nSPS) is 21.8. The van der Waals surface area contributed by atoms with E-state index in [4.69, 9.17) is 5.73 Å². The number of benzene rings is 1. The number of nitrogen functional groups attached to an aromatic ring is 1. The van der Waals surface area contributed by atoms with Gasteiger partial charge in [0.15, 0.2) is 0 Å². The molecule has 0 aromatic heterocycles. The fourth-order valence-electron chi connectivity index (χ4n) is 2.40. The summed E-state index contributed by atoms with van der Waals surface area (Å²) in [5.74, 6) is 0. The highest BCUT2D eigenvalue weighted by Crippen LogP contribution is 2.29. The molecule has 1 aromatic rings. The Morgan fingerprint density at radius 2 is 2.18 bits per heavy atom. The van der Waals surface area contributed by atoms with Crippen LogP contribution in [0.4, 0.5) is 11.4 Å². The van der Waals surface area contributed by atoms with Crippen molar-refractivity contribution >= 4 is 27.3 Å². The molecule has 1 fully saturated rings. The van der Waals surface area contributed by atoms with Crippen molar-refractivity contribution in [3.05, 3.63) is 22.7 Å². The number of hydrogen-bond acceptors (Lipinski definition) is 3. The zero-order valence-corrected chi connectivity index (χ0v) is 12.1. The zero-order valence-electron chi connectivity index (χ0n) is 10.5. The van der Waals surface area contributed by atoms with Crippen molar-refractivity contribution in [2.24, 2.45) is 0 Å². The molecule has 1 atom stereocenters. The number of hydrogen-bond donors (Lipinski definition) is 1. The van der Waals surface area contributed by atoms with Crippen LogP contribution < -0.4 is 10.6 Å². The summed E-state index contributed by atoms with van der Waals surface area (Å²) < 4.78 is 1.09. The van der Waals surface area contributed by atoms with E-state index in [0.717, 1.165) is 35.5 Å². The summed E-state index contributed by atoms with van der Waals surface area (Å²) in [6.07, 6.45) is 1.18. The highest BCUT2D eigenvalue weighted by atomic mass is 79.9. The van der Waals surface area contributed by atoms with E-state index in [1.165, 1.54) is 6.42 Å². The summed E-state index contributed by atoms with van der Waals surface area (Å²) in [7, 11) is 2.20. The van der Waals surface area contributed by atoms with E-state index < -0.39 is 0 Å². The molecule has 0 aliphatic carbocycles. The molecule has 0 bridgehead atoms. The van der Waals surface area contributed by atoms with Crippen LogP contribution in [0.3, 0.4) is 0 Å². The number of piperazine rings is 1. The Labute approximate surface area is 112 Å². The summed E-state index contributed by atoms with van der Waals surface area (Å²) >= 11 is 3.51. The van der Waals surface area contributed by atoms with Gasteiger partial charge < -0.3 is 10.6 Å². The first-order valence-electron chi connectivity index (χ1n) is 6.12. The molecule has 0 spiro atoms. The molecule has 0 radical (unpaired) electrons. The van der Waals surface area contributed by atoms with Gasteiger partial charge in [0, 0.05) is 30.1 Å². The van der Waals surface area contributed by atoms with E-state index in [1.54, 1.807) is 0 Å². The molecule has 2 rings (SSSR count). The maximum atomic E-state index is 6.07. The van der Waals surface area contributed by atoms with Gasteiger partial charge in [0.05, 0.1) is 11.4 Å². The molecule has 94 valence electrons. The van der Waals surface area contributed by atoms with Gasteiger partial charge >= 0.3 is 0 Å². The lowest BCUT2D eigenvalue weighted by Crippen LogP contribution is -2.51. The molecule has 1 heterocycles. The summed E-state index contributed by atoms with van der Waals surface area (Å²) in [6, 6.07) is 6.71. The predicted octanol–water partition coefficient (Wildman–Crippen LogP) is 2.56. The van der Waals surface area contributed by atoms with Crippen LogP contribution in [0.5, 0.6) is 0 Å². The molecule has 3 nitrogen and oxygen atoms in total. The van der Waals surface area contributed by atoms with Crippen molar-refractivity contribution < 1.29 is 0 Å². The topological polar surface area (TPSA) is 32.5 Å². The van der Waals surface area contributed by atoms with Crippen LogP contribution in [0.2, 0.25) is 0 Å². The Kier molecular flexibility index (Phi) is 3.94. The van der Waals surface area contributed by atoms with Crippen molar-refractivity contribution in [2.45, 2.75) is 19.4 Å². The average molecular weight is 298 g/mol. The second kappa shape index (κ2) is 5.27. The minimum atomic E-state index is 0.627. The van der Waals surface area contributed by atoms with Crippen molar-refractivity contribution in [1.82, 2.24) is 4.90 Å². The molecule has 1 aliphatic rings. The number of halogens is 1. The summed E-state index contributed by atoms with van der Waals surface area (Å²) in [6.45, 7) is 5.46. The van der Waals surface area contributed by atoms with E-state index >= 15 is 0 Å². The van der Waals surface area contributed by atoms with Gasteiger partial charge in [-0.05, 0) is 31.7 Å². The molecule has 4 heteroatoms. The third kappa shape index (κ3) is 2.75. The standard InChI is InChI=1S/C13H20BrN3/c1-3-11-9-17(7-6-16(11)2)13-8-10(14)4-5-12(13)15/h4-5,8,11H,3,6-7,9,15H2,1-2H3. The number of nitrogens with two attached hydrogens (primary N) is 1. The summed E-state index contributed by atoms with van der Waals surface area (Å²) in [4.78, 5) is 4.83. The average Bonchev–Trinajstić information content (AvgIpc) is 2.33. The maximum Gasteiger partial charge on any atom is 0.0612 e. The lowest BCUT2D eigenvalue weighted by molar-refractivity contribution is 0.213. The number of anilines is 2. The third-order valence-electron chi connectivity index (χ3n) is 3.58. The molecule has 1 aromatic carbocycles. The van der Waals surface area contributed by atoms with Gasteiger partial charge in [-0.25, -0.2) is 0 Å². The maximum absolute atomic E-state index is 6.07. The lowest BCUT2D eigenvalue weighted by Gasteiger charge is -2.40.